The largest absolute Gasteiger partial charge is 0.506 e. The number of carbonyl (C=O) groups excluding carboxylic acids is 1. The summed E-state index contributed by atoms with van der Waals surface area (Å²) in [6.45, 7) is 0.208. The second-order valence-corrected chi connectivity index (χ2v) is 11.8. The Labute approximate surface area is 173 Å². The maximum Gasteiger partial charge on any atom is 0.326 e. The standard InChI is InChI=1S/C18H18FN3O6S2/c19-17-10(2-6-15(23)18(17)22-9-16(24)20-30(22,27)28)1-5-12-13-7-21(8-14(12)13)29(25,26)11-3-4-11/h2,6,11-14,23H,3-4,7-9H2,(H,20,24)/t12?,13-,14+. The van der Waals surface area contributed by atoms with Gasteiger partial charge in [-0.15, -0.1) is 0 Å². The highest BCUT2D eigenvalue weighted by molar-refractivity contribution is 7.92. The molecule has 4 aliphatic rings. The van der Waals surface area contributed by atoms with E-state index in [1.165, 1.54) is 10.4 Å². The van der Waals surface area contributed by atoms with Crippen LogP contribution < -0.4 is 9.03 Å². The van der Waals surface area contributed by atoms with Crippen molar-refractivity contribution in [1.82, 2.24) is 9.03 Å². The van der Waals surface area contributed by atoms with Gasteiger partial charge in [0, 0.05) is 19.0 Å². The molecule has 5 rings (SSSR count). The maximum atomic E-state index is 14.9. The first-order valence-corrected chi connectivity index (χ1v) is 12.4. The molecule has 2 N–H and O–H groups in total. The van der Waals surface area contributed by atoms with E-state index in [9.17, 15) is 31.1 Å². The quantitative estimate of drug-likeness (QED) is 0.605. The number of rotatable bonds is 3. The van der Waals surface area contributed by atoms with Gasteiger partial charge in [-0.25, -0.2) is 26.1 Å². The number of benzene rings is 1. The topological polar surface area (TPSA) is 124 Å². The molecule has 12 heteroatoms. The molecule has 4 fully saturated rings. The average molecular weight is 455 g/mol. The van der Waals surface area contributed by atoms with Gasteiger partial charge >= 0.3 is 10.2 Å². The molecule has 3 atom stereocenters. The first kappa shape index (κ1) is 19.6. The van der Waals surface area contributed by atoms with E-state index in [0.717, 1.165) is 6.07 Å². The van der Waals surface area contributed by atoms with E-state index in [-0.39, 0.29) is 28.6 Å². The number of halogens is 1. The summed E-state index contributed by atoms with van der Waals surface area (Å²) in [5, 5.41) is 9.73. The average Bonchev–Trinajstić information content (AvgIpc) is 3.55. The van der Waals surface area contributed by atoms with Crippen LogP contribution in [0.25, 0.3) is 0 Å². The number of amides is 1. The molecule has 2 aliphatic carbocycles. The Kier molecular flexibility index (Phi) is 4.13. The summed E-state index contributed by atoms with van der Waals surface area (Å²) in [7, 11) is -7.48. The summed E-state index contributed by atoms with van der Waals surface area (Å²) in [5.74, 6) is 3.34. The van der Waals surface area contributed by atoms with Crippen molar-refractivity contribution in [2.24, 2.45) is 17.8 Å². The molecule has 160 valence electrons. The first-order valence-electron chi connectivity index (χ1n) is 9.45. The van der Waals surface area contributed by atoms with Crippen LogP contribution in [-0.2, 0) is 25.0 Å². The number of phenolic OH excluding ortho intramolecular Hbond substituents is 1. The molecule has 2 aliphatic heterocycles. The fourth-order valence-electron chi connectivity index (χ4n) is 4.18. The molecule has 2 saturated heterocycles. The third-order valence-electron chi connectivity index (χ3n) is 6.00. The highest BCUT2D eigenvalue weighted by atomic mass is 32.2. The molecule has 2 heterocycles. The Morgan fingerprint density at radius 3 is 2.43 bits per heavy atom. The summed E-state index contributed by atoms with van der Waals surface area (Å²) in [5.41, 5.74) is -0.734. The van der Waals surface area contributed by atoms with Crippen LogP contribution in [0.5, 0.6) is 5.75 Å². The minimum atomic E-state index is -4.28. The van der Waals surface area contributed by atoms with E-state index < -0.39 is 49.9 Å². The maximum absolute atomic E-state index is 14.9. The summed E-state index contributed by atoms with van der Waals surface area (Å²) in [6.07, 6.45) is 1.43. The number of carbonyl (C=O) groups is 1. The Bertz CT molecular complexity index is 1220. The Morgan fingerprint density at radius 1 is 1.20 bits per heavy atom. The van der Waals surface area contributed by atoms with Gasteiger partial charge < -0.3 is 5.11 Å². The van der Waals surface area contributed by atoms with E-state index in [1.807, 2.05) is 0 Å². The monoisotopic (exact) mass is 455 g/mol. The minimum absolute atomic E-state index is 0.0499. The Hall–Kier alpha value is -2.36. The lowest BCUT2D eigenvalue weighted by Gasteiger charge is -2.18. The second-order valence-electron chi connectivity index (χ2n) is 8.02. The van der Waals surface area contributed by atoms with Gasteiger partial charge in [0.1, 0.15) is 18.0 Å². The van der Waals surface area contributed by atoms with Crippen LogP contribution in [0.1, 0.15) is 18.4 Å². The van der Waals surface area contributed by atoms with Gasteiger partial charge in [0.25, 0.3) is 5.91 Å². The number of piperidine rings is 1. The molecular weight excluding hydrogens is 437 g/mol. The van der Waals surface area contributed by atoms with Crippen LogP contribution in [0.2, 0.25) is 0 Å². The van der Waals surface area contributed by atoms with Crippen molar-refractivity contribution >= 4 is 31.8 Å². The Balaban J connectivity index is 1.35. The van der Waals surface area contributed by atoms with Gasteiger partial charge in [-0.05, 0) is 36.8 Å². The van der Waals surface area contributed by atoms with Gasteiger partial charge in [0.05, 0.1) is 10.8 Å². The van der Waals surface area contributed by atoms with Crippen molar-refractivity contribution in [3.63, 3.8) is 0 Å². The number of nitrogens with one attached hydrogen (secondary N) is 1. The van der Waals surface area contributed by atoms with Crippen LogP contribution in [0.15, 0.2) is 12.1 Å². The number of phenols is 1. The van der Waals surface area contributed by atoms with Crippen LogP contribution in [0.4, 0.5) is 10.1 Å². The summed E-state index contributed by atoms with van der Waals surface area (Å²) >= 11 is 0. The number of aromatic hydroxyl groups is 1. The number of nitrogens with zero attached hydrogens (tertiary/aromatic N) is 2. The van der Waals surface area contributed by atoms with Gasteiger partial charge in [0.2, 0.25) is 10.0 Å². The predicted molar refractivity (Wildman–Crippen MR) is 103 cm³/mol. The van der Waals surface area contributed by atoms with Crippen molar-refractivity contribution < 1.29 is 31.1 Å². The normalized spacial score (nSPS) is 29.8. The van der Waals surface area contributed by atoms with Crippen LogP contribution in [-0.4, -0.2) is 57.0 Å². The summed E-state index contributed by atoms with van der Waals surface area (Å²) < 4.78 is 67.2. The van der Waals surface area contributed by atoms with Crippen molar-refractivity contribution in [3.05, 3.63) is 23.5 Å². The molecule has 9 nitrogen and oxygen atoms in total. The summed E-state index contributed by atoms with van der Waals surface area (Å²) in [6, 6.07) is 2.36. The third-order valence-corrected chi connectivity index (χ3v) is 9.71. The third kappa shape index (κ3) is 3.03. The minimum Gasteiger partial charge on any atom is -0.506 e. The van der Waals surface area contributed by atoms with Gasteiger partial charge in [-0.3, -0.25) is 4.79 Å². The number of fused-ring (bicyclic) bond motifs is 1. The van der Waals surface area contributed by atoms with Crippen molar-refractivity contribution in [3.8, 4) is 17.6 Å². The fraction of sp³-hybridized carbons (Fsp3) is 0.500. The van der Waals surface area contributed by atoms with E-state index in [0.29, 0.717) is 30.2 Å². The molecule has 2 saturated carbocycles. The van der Waals surface area contributed by atoms with E-state index in [2.05, 4.69) is 11.8 Å². The molecule has 30 heavy (non-hydrogen) atoms. The number of hydrogen-bond donors (Lipinski definition) is 2. The van der Waals surface area contributed by atoms with E-state index in [1.54, 1.807) is 4.72 Å². The van der Waals surface area contributed by atoms with Crippen LogP contribution >= 0.6 is 0 Å². The lowest BCUT2D eigenvalue weighted by molar-refractivity contribution is -0.117. The number of hydrogen-bond acceptors (Lipinski definition) is 6. The molecule has 1 aromatic rings. The van der Waals surface area contributed by atoms with E-state index >= 15 is 0 Å². The highest BCUT2D eigenvalue weighted by Gasteiger charge is 2.58. The molecule has 1 aromatic carbocycles. The van der Waals surface area contributed by atoms with E-state index in [4.69, 9.17) is 0 Å². The van der Waals surface area contributed by atoms with Gasteiger partial charge in [-0.1, -0.05) is 11.8 Å². The zero-order chi connectivity index (χ0) is 21.4. The van der Waals surface area contributed by atoms with Crippen molar-refractivity contribution in [1.29, 1.82) is 0 Å². The molecule has 0 spiro atoms. The molecule has 1 unspecified atom stereocenters. The fourth-order valence-corrected chi connectivity index (χ4v) is 7.26. The highest BCUT2D eigenvalue weighted by Crippen LogP contribution is 2.53. The lowest BCUT2D eigenvalue weighted by atomic mass is 10.1. The predicted octanol–water partition coefficient (Wildman–Crippen LogP) is -0.266. The molecular formula is C18H18FN3O6S2. The molecule has 0 bridgehead atoms. The van der Waals surface area contributed by atoms with Crippen molar-refractivity contribution in [2.45, 2.75) is 18.1 Å². The summed E-state index contributed by atoms with van der Waals surface area (Å²) in [4.78, 5) is 11.4. The zero-order valence-corrected chi connectivity index (χ0v) is 17.2. The first-order chi connectivity index (χ1) is 14.1. The second kappa shape index (κ2) is 6.32. The number of anilines is 1. The molecule has 0 aromatic heterocycles. The molecule has 1 amide bonds. The van der Waals surface area contributed by atoms with Crippen LogP contribution in [0, 0.1) is 35.4 Å². The Morgan fingerprint density at radius 2 is 1.87 bits per heavy atom. The van der Waals surface area contributed by atoms with Gasteiger partial charge in [0.15, 0.2) is 5.82 Å². The lowest BCUT2D eigenvalue weighted by Crippen LogP contribution is -2.34. The SMILES string of the molecule is O=C1CN(c2c(O)ccc(C#CC3[C@H]4CN(S(=O)(=O)C5CC5)C[C@@H]34)c2F)S(=O)(=O)N1. The van der Waals surface area contributed by atoms with Gasteiger partial charge in [-0.2, -0.15) is 8.42 Å². The van der Waals surface area contributed by atoms with Crippen molar-refractivity contribution in [2.75, 3.05) is 23.9 Å². The number of sulfonamides is 1. The molecule has 0 radical (unpaired) electrons. The smallest absolute Gasteiger partial charge is 0.326 e. The zero-order valence-electron chi connectivity index (χ0n) is 15.6. The van der Waals surface area contributed by atoms with Crippen LogP contribution in [0.3, 0.4) is 0 Å².